The van der Waals surface area contributed by atoms with Crippen molar-refractivity contribution in [1.29, 1.82) is 0 Å². The molecule has 0 spiro atoms. The van der Waals surface area contributed by atoms with E-state index in [1.54, 1.807) is 11.8 Å². The van der Waals surface area contributed by atoms with Gasteiger partial charge in [0.05, 0.1) is 24.1 Å². The number of anilines is 1. The zero-order valence-corrected chi connectivity index (χ0v) is 17.4. The van der Waals surface area contributed by atoms with Crippen molar-refractivity contribution in [2.75, 3.05) is 16.4 Å². The zero-order chi connectivity index (χ0) is 19.0. The molecular weight excluding hydrogens is 400 g/mol. The van der Waals surface area contributed by atoms with Gasteiger partial charge in [-0.15, -0.1) is 0 Å². The SMILES string of the molecule is CCc1ccc(N(Cc2ccc(Cl)cc2)C2=N[C@@H]3CS(=O)(=O)C[C@H]3S2)cc1. The van der Waals surface area contributed by atoms with Crippen LogP contribution in [0.25, 0.3) is 0 Å². The number of hydrogen-bond donors (Lipinski definition) is 0. The standard InChI is InChI=1S/C20H21ClN2O2S2/c1-2-14-5-9-17(10-6-14)23(11-15-3-7-16(21)8-4-15)20-22-18-12-27(24,25)13-19(18)26-20/h3-10,18-19H,2,11-13H2,1H3/t18-,19-/m1/s1. The van der Waals surface area contributed by atoms with Crippen LogP contribution in [0.4, 0.5) is 5.69 Å². The normalized spacial score (nSPS) is 23.1. The highest BCUT2D eigenvalue weighted by atomic mass is 35.5. The fourth-order valence-electron chi connectivity index (χ4n) is 3.42. The van der Waals surface area contributed by atoms with E-state index in [1.165, 1.54) is 5.56 Å². The summed E-state index contributed by atoms with van der Waals surface area (Å²) in [5.74, 6) is 0.386. The summed E-state index contributed by atoms with van der Waals surface area (Å²) >= 11 is 7.61. The van der Waals surface area contributed by atoms with E-state index in [0.29, 0.717) is 11.6 Å². The second kappa shape index (κ2) is 7.49. The summed E-state index contributed by atoms with van der Waals surface area (Å²) in [6.07, 6.45) is 0.995. The molecule has 0 N–H and O–H groups in total. The number of benzene rings is 2. The van der Waals surface area contributed by atoms with Gasteiger partial charge >= 0.3 is 0 Å². The molecule has 27 heavy (non-hydrogen) atoms. The average molecular weight is 421 g/mol. The van der Waals surface area contributed by atoms with Gasteiger partial charge in [0.15, 0.2) is 15.0 Å². The van der Waals surface area contributed by atoms with Crippen molar-refractivity contribution >= 4 is 44.1 Å². The minimum atomic E-state index is -2.95. The van der Waals surface area contributed by atoms with Gasteiger partial charge in [0.2, 0.25) is 0 Å². The molecule has 0 amide bonds. The average Bonchev–Trinajstić information content (AvgIpc) is 3.14. The van der Waals surface area contributed by atoms with E-state index in [4.69, 9.17) is 16.6 Å². The molecular formula is C20H21ClN2O2S2. The Hall–Kier alpha value is -1.50. The first-order valence-electron chi connectivity index (χ1n) is 8.99. The number of amidine groups is 1. The molecule has 0 bridgehead atoms. The maximum Gasteiger partial charge on any atom is 0.164 e. The molecule has 2 aliphatic heterocycles. The highest BCUT2D eigenvalue weighted by molar-refractivity contribution is 8.15. The van der Waals surface area contributed by atoms with Gasteiger partial charge in [-0.2, -0.15) is 0 Å². The molecule has 0 aliphatic carbocycles. The van der Waals surface area contributed by atoms with Crippen LogP contribution >= 0.6 is 23.4 Å². The van der Waals surface area contributed by atoms with Crippen LogP contribution < -0.4 is 4.90 Å². The molecule has 2 aliphatic rings. The number of sulfone groups is 1. The first-order valence-corrected chi connectivity index (χ1v) is 12.1. The summed E-state index contributed by atoms with van der Waals surface area (Å²) in [7, 11) is -2.95. The van der Waals surface area contributed by atoms with Crippen LogP contribution in [-0.4, -0.2) is 36.4 Å². The summed E-state index contributed by atoms with van der Waals surface area (Å²) in [6, 6.07) is 16.2. The topological polar surface area (TPSA) is 49.7 Å². The van der Waals surface area contributed by atoms with Crippen molar-refractivity contribution in [2.45, 2.75) is 31.2 Å². The fourth-order valence-corrected chi connectivity index (χ4v) is 7.33. The minimum absolute atomic E-state index is 0.0348. The van der Waals surface area contributed by atoms with Crippen molar-refractivity contribution in [3.8, 4) is 0 Å². The van der Waals surface area contributed by atoms with Gasteiger partial charge in [-0.25, -0.2) is 8.42 Å². The third kappa shape index (κ3) is 4.18. The molecule has 7 heteroatoms. The maximum atomic E-state index is 11.9. The molecule has 2 heterocycles. The molecule has 1 fully saturated rings. The highest BCUT2D eigenvalue weighted by Crippen LogP contribution is 2.37. The van der Waals surface area contributed by atoms with Gasteiger partial charge in [-0.3, -0.25) is 4.99 Å². The molecule has 2 aromatic carbocycles. The largest absolute Gasteiger partial charge is 0.317 e. The first kappa shape index (κ1) is 18.8. The number of hydrogen-bond acceptors (Lipinski definition) is 5. The van der Waals surface area contributed by atoms with Crippen LogP contribution in [0.1, 0.15) is 18.1 Å². The number of aliphatic imine (C=N–C) groups is 1. The van der Waals surface area contributed by atoms with Crippen molar-refractivity contribution in [2.24, 2.45) is 4.99 Å². The Labute approximate surface area is 169 Å². The van der Waals surface area contributed by atoms with Crippen LogP contribution in [0.3, 0.4) is 0 Å². The molecule has 1 saturated heterocycles. The molecule has 0 saturated carbocycles. The van der Waals surface area contributed by atoms with Gasteiger partial charge in [0.1, 0.15) is 0 Å². The minimum Gasteiger partial charge on any atom is -0.317 e. The third-order valence-corrected chi connectivity index (χ3v) is 8.45. The van der Waals surface area contributed by atoms with E-state index in [0.717, 1.165) is 22.8 Å². The number of fused-ring (bicyclic) bond motifs is 1. The Morgan fingerprint density at radius 3 is 2.37 bits per heavy atom. The van der Waals surface area contributed by atoms with E-state index >= 15 is 0 Å². The van der Waals surface area contributed by atoms with Gasteiger partial charge < -0.3 is 4.90 Å². The Bertz CT molecular complexity index is 956. The van der Waals surface area contributed by atoms with E-state index in [9.17, 15) is 8.42 Å². The molecule has 4 rings (SSSR count). The van der Waals surface area contributed by atoms with Crippen molar-refractivity contribution in [3.05, 3.63) is 64.7 Å². The summed E-state index contributed by atoms with van der Waals surface area (Å²) in [6.45, 7) is 2.81. The lowest BCUT2D eigenvalue weighted by molar-refractivity contribution is 0.601. The van der Waals surface area contributed by atoms with Gasteiger partial charge in [0, 0.05) is 16.0 Å². The number of aryl methyl sites for hydroxylation is 1. The second-order valence-electron chi connectivity index (χ2n) is 6.94. The number of rotatable bonds is 4. The second-order valence-corrected chi connectivity index (χ2v) is 10.7. The molecule has 2 atom stereocenters. The predicted octanol–water partition coefficient (Wildman–Crippen LogP) is 4.18. The smallest absolute Gasteiger partial charge is 0.164 e. The van der Waals surface area contributed by atoms with Crippen LogP contribution in [0, 0.1) is 0 Å². The van der Waals surface area contributed by atoms with Gasteiger partial charge in [0.25, 0.3) is 0 Å². The van der Waals surface area contributed by atoms with E-state index in [1.807, 2.05) is 24.3 Å². The molecule has 0 unspecified atom stereocenters. The molecule has 142 valence electrons. The Kier molecular flexibility index (Phi) is 5.23. The summed E-state index contributed by atoms with van der Waals surface area (Å²) in [5.41, 5.74) is 3.48. The quantitative estimate of drug-likeness (QED) is 0.744. The molecule has 0 aromatic heterocycles. The van der Waals surface area contributed by atoms with Crippen LogP contribution in [-0.2, 0) is 22.8 Å². The van der Waals surface area contributed by atoms with Crippen LogP contribution in [0.5, 0.6) is 0 Å². The van der Waals surface area contributed by atoms with Crippen LogP contribution in [0.15, 0.2) is 53.5 Å². The number of nitrogens with zero attached hydrogens (tertiary/aromatic N) is 2. The predicted molar refractivity (Wildman–Crippen MR) is 115 cm³/mol. The molecule has 2 aromatic rings. The first-order chi connectivity index (χ1) is 12.9. The van der Waals surface area contributed by atoms with E-state index in [2.05, 4.69) is 36.1 Å². The Morgan fingerprint density at radius 2 is 1.74 bits per heavy atom. The monoisotopic (exact) mass is 420 g/mol. The van der Waals surface area contributed by atoms with Crippen molar-refractivity contribution < 1.29 is 8.42 Å². The van der Waals surface area contributed by atoms with E-state index in [-0.39, 0.29) is 22.8 Å². The lowest BCUT2D eigenvalue weighted by Gasteiger charge is -2.25. The Balaban J connectivity index is 1.64. The molecule has 0 radical (unpaired) electrons. The summed E-state index contributed by atoms with van der Waals surface area (Å²) in [4.78, 5) is 6.96. The zero-order valence-electron chi connectivity index (χ0n) is 15.0. The highest BCUT2D eigenvalue weighted by Gasteiger charge is 2.43. The summed E-state index contributed by atoms with van der Waals surface area (Å²) in [5, 5.41) is 1.65. The number of halogens is 1. The van der Waals surface area contributed by atoms with E-state index < -0.39 is 9.84 Å². The van der Waals surface area contributed by atoms with Crippen molar-refractivity contribution in [3.63, 3.8) is 0 Å². The lowest BCUT2D eigenvalue weighted by atomic mass is 10.1. The fraction of sp³-hybridized carbons (Fsp3) is 0.350. The Morgan fingerprint density at radius 1 is 1.07 bits per heavy atom. The molecule has 4 nitrogen and oxygen atoms in total. The summed E-state index contributed by atoms with van der Waals surface area (Å²) < 4.78 is 23.8. The number of thioether (sulfide) groups is 1. The third-order valence-electron chi connectivity index (χ3n) is 4.95. The van der Waals surface area contributed by atoms with Crippen LogP contribution in [0.2, 0.25) is 5.02 Å². The van der Waals surface area contributed by atoms with Gasteiger partial charge in [-0.05, 0) is 41.8 Å². The lowest BCUT2D eigenvalue weighted by Crippen LogP contribution is -2.28. The van der Waals surface area contributed by atoms with Gasteiger partial charge in [-0.1, -0.05) is 54.6 Å². The maximum absolute atomic E-state index is 11.9. The van der Waals surface area contributed by atoms with Crippen molar-refractivity contribution in [1.82, 2.24) is 0 Å².